The Morgan fingerprint density at radius 2 is 2.04 bits per heavy atom. The highest BCUT2D eigenvalue weighted by molar-refractivity contribution is 7.88. The number of sulfonamides is 1. The fraction of sp³-hybridized carbons (Fsp3) is 0.867. The van der Waals surface area contributed by atoms with Crippen LogP contribution in [0.4, 0.5) is 0 Å². The second-order valence-corrected chi connectivity index (χ2v) is 9.00. The molecular weight excluding hydrogens is 316 g/mol. The summed E-state index contributed by atoms with van der Waals surface area (Å²) >= 11 is 0. The fourth-order valence-corrected chi connectivity index (χ4v) is 3.86. The third-order valence-electron chi connectivity index (χ3n) is 4.24. The second kappa shape index (κ2) is 7.27. The summed E-state index contributed by atoms with van der Waals surface area (Å²) in [4.78, 5) is 0. The van der Waals surface area contributed by atoms with Gasteiger partial charge in [0.05, 0.1) is 12.3 Å². The van der Waals surface area contributed by atoms with Gasteiger partial charge in [0.15, 0.2) is 0 Å². The third kappa shape index (κ3) is 4.99. The molecule has 7 nitrogen and oxygen atoms in total. The van der Waals surface area contributed by atoms with Crippen LogP contribution in [0.5, 0.6) is 0 Å². The number of nitrogens with one attached hydrogen (secondary N) is 1. The van der Waals surface area contributed by atoms with Crippen LogP contribution >= 0.6 is 0 Å². The van der Waals surface area contributed by atoms with E-state index in [1.54, 1.807) is 4.31 Å². The molecule has 0 aliphatic carbocycles. The van der Waals surface area contributed by atoms with Gasteiger partial charge in [-0.1, -0.05) is 20.8 Å². The molecule has 1 saturated heterocycles. The minimum absolute atomic E-state index is 0.0411. The molecule has 0 bridgehead atoms. The number of nitrogens with zero attached hydrogens (tertiary/aromatic N) is 3. The van der Waals surface area contributed by atoms with Crippen molar-refractivity contribution in [1.82, 2.24) is 19.8 Å². The maximum Gasteiger partial charge on any atom is 0.233 e. The Morgan fingerprint density at radius 1 is 1.35 bits per heavy atom. The van der Waals surface area contributed by atoms with E-state index in [9.17, 15) is 8.42 Å². The summed E-state index contributed by atoms with van der Waals surface area (Å²) in [6.45, 7) is 9.40. The van der Waals surface area contributed by atoms with Crippen LogP contribution in [0, 0.1) is 11.8 Å². The Kier molecular flexibility index (Phi) is 5.80. The molecule has 1 fully saturated rings. The van der Waals surface area contributed by atoms with Gasteiger partial charge in [0.1, 0.15) is 0 Å². The summed E-state index contributed by atoms with van der Waals surface area (Å²) in [6.07, 6.45) is 2.83. The molecule has 0 spiro atoms. The lowest BCUT2D eigenvalue weighted by Crippen LogP contribution is -2.50. The van der Waals surface area contributed by atoms with Crippen LogP contribution in [-0.4, -0.2) is 48.3 Å². The maximum atomic E-state index is 11.6. The molecule has 0 aromatic carbocycles. The minimum Gasteiger partial charge on any atom is -0.424 e. The van der Waals surface area contributed by atoms with Gasteiger partial charge >= 0.3 is 0 Å². The standard InChI is InChI=1S/C15H28N4O3S/c1-10(2)8-14-17-18-15(22-14)12(4)16-13-6-7-19(9-11(13)3)23(5,20)21/h10-13,16H,6-9H2,1-5H3/t11-,12-,13-/m0/s1. The largest absolute Gasteiger partial charge is 0.424 e. The van der Waals surface area contributed by atoms with Crippen molar-refractivity contribution in [1.29, 1.82) is 0 Å². The first-order valence-electron chi connectivity index (χ1n) is 8.20. The highest BCUT2D eigenvalue weighted by Gasteiger charge is 2.31. The lowest BCUT2D eigenvalue weighted by atomic mass is 9.94. The molecule has 1 aromatic heterocycles. The Labute approximate surface area is 138 Å². The summed E-state index contributed by atoms with van der Waals surface area (Å²) in [7, 11) is -3.11. The van der Waals surface area contributed by atoms with E-state index >= 15 is 0 Å². The van der Waals surface area contributed by atoms with Gasteiger partial charge in [0, 0.05) is 25.6 Å². The van der Waals surface area contributed by atoms with E-state index in [1.165, 1.54) is 6.26 Å². The molecule has 1 aliphatic rings. The molecule has 132 valence electrons. The quantitative estimate of drug-likeness (QED) is 0.843. The minimum atomic E-state index is -3.11. The average molecular weight is 344 g/mol. The topological polar surface area (TPSA) is 88.3 Å². The van der Waals surface area contributed by atoms with Crippen molar-refractivity contribution in [3.05, 3.63) is 11.8 Å². The average Bonchev–Trinajstić information content (AvgIpc) is 2.87. The number of piperidine rings is 1. The van der Waals surface area contributed by atoms with Crippen LogP contribution in [0.15, 0.2) is 4.42 Å². The molecule has 1 aromatic rings. The lowest BCUT2D eigenvalue weighted by molar-refractivity contribution is 0.203. The van der Waals surface area contributed by atoms with Crippen molar-refractivity contribution in [2.75, 3.05) is 19.3 Å². The summed E-state index contributed by atoms with van der Waals surface area (Å²) in [5.74, 6) is 1.98. The van der Waals surface area contributed by atoms with E-state index in [0.29, 0.717) is 30.8 Å². The summed E-state index contributed by atoms with van der Waals surface area (Å²) < 4.78 is 30.6. The van der Waals surface area contributed by atoms with Crippen LogP contribution in [0.1, 0.15) is 51.9 Å². The van der Waals surface area contributed by atoms with Crippen LogP contribution < -0.4 is 5.32 Å². The summed E-state index contributed by atoms with van der Waals surface area (Å²) in [5.41, 5.74) is 0. The SMILES string of the molecule is CC(C)Cc1nnc([C@H](C)N[C@H]2CCN(S(C)(=O)=O)C[C@@H]2C)o1. The molecule has 0 unspecified atom stereocenters. The van der Waals surface area contributed by atoms with Gasteiger partial charge < -0.3 is 9.73 Å². The zero-order chi connectivity index (χ0) is 17.2. The van der Waals surface area contributed by atoms with Crippen molar-refractivity contribution in [2.45, 2.75) is 52.6 Å². The maximum absolute atomic E-state index is 11.6. The smallest absolute Gasteiger partial charge is 0.233 e. The predicted octanol–water partition coefficient (Wildman–Crippen LogP) is 1.59. The summed E-state index contributed by atoms with van der Waals surface area (Å²) in [5, 5.41) is 11.7. The molecule has 8 heteroatoms. The van der Waals surface area contributed by atoms with Crippen molar-refractivity contribution < 1.29 is 12.8 Å². The third-order valence-corrected chi connectivity index (χ3v) is 5.51. The van der Waals surface area contributed by atoms with E-state index in [1.807, 2.05) is 6.92 Å². The summed E-state index contributed by atoms with van der Waals surface area (Å²) in [6, 6.07) is 0.198. The molecule has 1 N–H and O–H groups in total. The molecule has 2 rings (SSSR count). The van der Waals surface area contributed by atoms with Crippen LogP contribution in [-0.2, 0) is 16.4 Å². The van der Waals surface area contributed by atoms with Gasteiger partial charge in [-0.3, -0.25) is 0 Å². The molecular formula is C15H28N4O3S. The number of hydrogen-bond acceptors (Lipinski definition) is 6. The van der Waals surface area contributed by atoms with Gasteiger partial charge in [0.2, 0.25) is 21.8 Å². The van der Waals surface area contributed by atoms with Gasteiger partial charge in [-0.15, -0.1) is 10.2 Å². The Balaban J connectivity index is 1.93. The molecule has 2 heterocycles. The molecule has 0 amide bonds. The second-order valence-electron chi connectivity index (χ2n) is 7.01. The zero-order valence-corrected chi connectivity index (χ0v) is 15.4. The van der Waals surface area contributed by atoms with Crippen molar-refractivity contribution in [3.63, 3.8) is 0 Å². The van der Waals surface area contributed by atoms with E-state index in [-0.39, 0.29) is 18.0 Å². The van der Waals surface area contributed by atoms with E-state index in [0.717, 1.165) is 12.8 Å². The van der Waals surface area contributed by atoms with Crippen molar-refractivity contribution >= 4 is 10.0 Å². The highest BCUT2D eigenvalue weighted by atomic mass is 32.2. The van der Waals surface area contributed by atoms with Crippen molar-refractivity contribution in [3.8, 4) is 0 Å². The normalized spacial score (nSPS) is 25.0. The van der Waals surface area contributed by atoms with Gasteiger partial charge in [0.25, 0.3) is 0 Å². The first-order valence-corrected chi connectivity index (χ1v) is 10.0. The number of rotatable bonds is 6. The molecule has 1 aliphatic heterocycles. The molecule has 0 saturated carbocycles. The van der Waals surface area contributed by atoms with E-state index < -0.39 is 10.0 Å². The first kappa shape index (κ1) is 18.4. The fourth-order valence-electron chi connectivity index (χ4n) is 2.92. The Hall–Kier alpha value is -0.990. The van der Waals surface area contributed by atoms with E-state index in [4.69, 9.17) is 4.42 Å². The number of aromatic nitrogens is 2. The monoisotopic (exact) mass is 344 g/mol. The van der Waals surface area contributed by atoms with Crippen LogP contribution in [0.2, 0.25) is 0 Å². The van der Waals surface area contributed by atoms with Gasteiger partial charge in [-0.05, 0) is 25.2 Å². The highest BCUT2D eigenvalue weighted by Crippen LogP contribution is 2.22. The zero-order valence-electron chi connectivity index (χ0n) is 14.6. The van der Waals surface area contributed by atoms with Crippen LogP contribution in [0.3, 0.4) is 0 Å². The molecule has 23 heavy (non-hydrogen) atoms. The van der Waals surface area contributed by atoms with Crippen molar-refractivity contribution in [2.24, 2.45) is 11.8 Å². The van der Waals surface area contributed by atoms with Crippen LogP contribution in [0.25, 0.3) is 0 Å². The first-order chi connectivity index (χ1) is 10.7. The predicted molar refractivity (Wildman–Crippen MR) is 88.4 cm³/mol. The molecule has 3 atom stereocenters. The van der Waals surface area contributed by atoms with E-state index in [2.05, 4.69) is 36.3 Å². The number of hydrogen-bond donors (Lipinski definition) is 1. The molecule has 0 radical (unpaired) electrons. The Bertz CT molecular complexity index is 614. The van der Waals surface area contributed by atoms with Gasteiger partial charge in [-0.2, -0.15) is 0 Å². The Morgan fingerprint density at radius 3 is 2.61 bits per heavy atom. The van der Waals surface area contributed by atoms with Gasteiger partial charge in [-0.25, -0.2) is 12.7 Å². The lowest BCUT2D eigenvalue weighted by Gasteiger charge is -2.36.